The highest BCUT2D eigenvalue weighted by molar-refractivity contribution is 6.23. The number of anilines is 5. The van der Waals surface area contributed by atoms with Gasteiger partial charge in [-0.1, -0.05) is 313 Å². The van der Waals surface area contributed by atoms with Gasteiger partial charge in [-0.05, 0) is 309 Å². The maximum Gasteiger partial charge on any atom is 0.0620 e. The van der Waals surface area contributed by atoms with Crippen LogP contribution in [0.2, 0.25) is 0 Å². The molecule has 6 aliphatic rings. The second-order valence-corrected chi connectivity index (χ2v) is 38.4. The molecule has 2 heteroatoms. The zero-order chi connectivity index (χ0) is 82.4. The lowest BCUT2D eigenvalue weighted by Crippen LogP contribution is -2.19. The fraction of sp³-hybridized carbons (Fsp3) is 0.203. The monoisotopic (exact) mass is 1550 g/mol. The van der Waals surface area contributed by atoms with E-state index in [1.807, 2.05) is 0 Å². The Labute approximate surface area is 710 Å². The van der Waals surface area contributed by atoms with Crippen LogP contribution in [0.25, 0.3) is 116 Å². The number of fused-ring (bicyclic) bond motifs is 14. The number of para-hydroxylation sites is 1. The fourth-order valence-corrected chi connectivity index (χ4v) is 22.3. The highest BCUT2D eigenvalue weighted by Crippen LogP contribution is 2.59. The van der Waals surface area contributed by atoms with Gasteiger partial charge in [0.05, 0.1) is 11.4 Å². The smallest absolute Gasteiger partial charge is 0.0620 e. The molecular weight excluding hydrogens is 1450 g/mol. The Bertz CT molecular complexity index is 6940. The van der Waals surface area contributed by atoms with Crippen LogP contribution in [-0.4, -0.2) is 0 Å². The SMILES string of the molecule is Cc1cc(-c2ccc3c(c2)C(C)(C)c2cc(-c4ccc5c(c4)C(C)(C)c4ccccc4-5)ccc2-3)cc(C)c1-c1ccc(N(c2ccccc2)c2c3ccccc3c(N(C3=CC=CCC3)c3ccc(-c4c(C)cc(C5C=C6C(=CC5)c5ccc(-c7ccc8c(c7)C(C)(C)c7ccccc7-8)cc5C6(C)C)cc4C)cc3)c3ccc(C(C)(C)C)cc23)cc1. The molecule has 1 atom stereocenters. The summed E-state index contributed by atoms with van der Waals surface area (Å²) in [5.74, 6) is 0.278. The molecule has 0 aromatic heterocycles. The summed E-state index contributed by atoms with van der Waals surface area (Å²) in [5, 5.41) is 4.79. The van der Waals surface area contributed by atoms with Crippen LogP contribution < -0.4 is 9.80 Å². The molecule has 0 amide bonds. The molecule has 0 bridgehead atoms. The molecule has 586 valence electrons. The largest absolute Gasteiger partial charge is 0.313 e. The van der Waals surface area contributed by atoms with E-state index >= 15 is 0 Å². The Kier molecular flexibility index (Phi) is 17.1. The molecule has 15 aromatic carbocycles. The number of nitrogens with zero attached hydrogens (tertiary/aromatic N) is 2. The quantitative estimate of drug-likeness (QED) is 0.0888. The van der Waals surface area contributed by atoms with E-state index in [-0.39, 0.29) is 33.0 Å². The summed E-state index contributed by atoms with van der Waals surface area (Å²) in [6.07, 6.45) is 14.9. The molecule has 0 saturated heterocycles. The zero-order valence-electron chi connectivity index (χ0n) is 72.1. The van der Waals surface area contributed by atoms with Gasteiger partial charge in [-0.3, -0.25) is 0 Å². The van der Waals surface area contributed by atoms with Crippen molar-refractivity contribution in [2.75, 3.05) is 9.80 Å². The van der Waals surface area contributed by atoms with Crippen molar-refractivity contribution in [2.45, 2.75) is 156 Å². The van der Waals surface area contributed by atoms with Crippen molar-refractivity contribution in [3.8, 4) is 89.0 Å². The van der Waals surface area contributed by atoms with Crippen LogP contribution in [0.3, 0.4) is 0 Å². The summed E-state index contributed by atoms with van der Waals surface area (Å²) in [6.45, 7) is 35.5. The van der Waals surface area contributed by atoms with Crippen LogP contribution in [0.5, 0.6) is 0 Å². The number of allylic oxidation sites excluding steroid dienone is 8. The summed E-state index contributed by atoms with van der Waals surface area (Å²) >= 11 is 0. The van der Waals surface area contributed by atoms with Crippen LogP contribution in [0.1, 0.15) is 179 Å². The van der Waals surface area contributed by atoms with E-state index in [0.717, 1.165) is 36.3 Å². The Morgan fingerprint density at radius 1 is 0.325 bits per heavy atom. The van der Waals surface area contributed by atoms with Crippen LogP contribution in [0.15, 0.2) is 327 Å². The third kappa shape index (κ3) is 11.7. The Morgan fingerprint density at radius 2 is 0.717 bits per heavy atom. The predicted molar refractivity (Wildman–Crippen MR) is 512 cm³/mol. The summed E-state index contributed by atoms with van der Waals surface area (Å²) in [5.41, 5.74) is 49.1. The lowest BCUT2D eigenvalue weighted by atomic mass is 9.76. The minimum absolute atomic E-state index is 0.0447. The van der Waals surface area contributed by atoms with Crippen molar-refractivity contribution >= 4 is 55.6 Å². The fourth-order valence-electron chi connectivity index (χ4n) is 22.3. The Hall–Kier alpha value is -12.6. The van der Waals surface area contributed by atoms with E-state index in [9.17, 15) is 0 Å². The van der Waals surface area contributed by atoms with Gasteiger partial charge in [0.1, 0.15) is 0 Å². The maximum absolute atomic E-state index is 2.62. The van der Waals surface area contributed by atoms with Crippen molar-refractivity contribution in [1.29, 1.82) is 0 Å². The van der Waals surface area contributed by atoms with Crippen LogP contribution >= 0.6 is 0 Å². The molecular formula is C118H104N2. The predicted octanol–water partition coefficient (Wildman–Crippen LogP) is 32.4. The van der Waals surface area contributed by atoms with Crippen molar-refractivity contribution in [3.05, 3.63) is 405 Å². The van der Waals surface area contributed by atoms with Crippen LogP contribution in [-0.2, 0) is 27.1 Å². The van der Waals surface area contributed by atoms with E-state index in [0.29, 0.717) is 0 Å². The second-order valence-electron chi connectivity index (χ2n) is 38.4. The minimum atomic E-state index is -0.183. The minimum Gasteiger partial charge on any atom is -0.313 e. The molecule has 0 heterocycles. The van der Waals surface area contributed by atoms with E-state index in [1.54, 1.807) is 0 Å². The average molecular weight is 1550 g/mol. The average Bonchev–Trinajstić information content (AvgIpc) is 1.68. The molecule has 0 saturated carbocycles. The molecule has 0 N–H and O–H groups in total. The molecule has 0 radical (unpaired) electrons. The number of hydrogen-bond acceptors (Lipinski definition) is 2. The highest BCUT2D eigenvalue weighted by atomic mass is 15.2. The zero-order valence-corrected chi connectivity index (χ0v) is 72.1. The van der Waals surface area contributed by atoms with Gasteiger partial charge in [0.2, 0.25) is 0 Å². The Balaban J connectivity index is 0.590. The molecule has 15 aromatic rings. The van der Waals surface area contributed by atoms with Gasteiger partial charge in [0, 0.05) is 71.9 Å². The first-order valence-electron chi connectivity index (χ1n) is 43.6. The van der Waals surface area contributed by atoms with E-state index in [1.165, 1.54) is 217 Å². The van der Waals surface area contributed by atoms with Gasteiger partial charge in [-0.2, -0.15) is 0 Å². The molecule has 6 aliphatic carbocycles. The van der Waals surface area contributed by atoms with Gasteiger partial charge in [0.25, 0.3) is 0 Å². The third-order valence-electron chi connectivity index (χ3n) is 28.7. The first-order chi connectivity index (χ1) is 57.8. The van der Waals surface area contributed by atoms with Gasteiger partial charge >= 0.3 is 0 Å². The highest BCUT2D eigenvalue weighted by Gasteiger charge is 2.43. The Morgan fingerprint density at radius 3 is 1.20 bits per heavy atom. The van der Waals surface area contributed by atoms with Gasteiger partial charge in [0.15, 0.2) is 0 Å². The van der Waals surface area contributed by atoms with Gasteiger partial charge in [-0.15, -0.1) is 0 Å². The molecule has 21 rings (SSSR count). The van der Waals surface area contributed by atoms with Crippen molar-refractivity contribution in [3.63, 3.8) is 0 Å². The lowest BCUT2D eigenvalue weighted by molar-refractivity contribution is 0.591. The molecule has 0 aliphatic heterocycles. The molecule has 120 heavy (non-hydrogen) atoms. The first kappa shape index (κ1) is 74.9. The van der Waals surface area contributed by atoms with Gasteiger partial charge < -0.3 is 9.80 Å². The normalized spacial score (nSPS) is 16.3. The van der Waals surface area contributed by atoms with Crippen molar-refractivity contribution < 1.29 is 0 Å². The van der Waals surface area contributed by atoms with Gasteiger partial charge in [-0.25, -0.2) is 0 Å². The number of hydrogen-bond donors (Lipinski definition) is 0. The summed E-state index contributed by atoms with van der Waals surface area (Å²) in [4.78, 5) is 5.13. The molecule has 1 unspecified atom stereocenters. The summed E-state index contributed by atoms with van der Waals surface area (Å²) < 4.78 is 0. The van der Waals surface area contributed by atoms with E-state index in [2.05, 4.69) is 429 Å². The van der Waals surface area contributed by atoms with Crippen molar-refractivity contribution in [2.24, 2.45) is 0 Å². The van der Waals surface area contributed by atoms with Crippen LogP contribution in [0.4, 0.5) is 28.4 Å². The maximum atomic E-state index is 2.62. The number of aryl methyl sites for hydroxylation is 4. The first-order valence-corrected chi connectivity index (χ1v) is 43.6. The molecule has 0 spiro atoms. The van der Waals surface area contributed by atoms with E-state index < -0.39 is 0 Å². The lowest BCUT2D eigenvalue weighted by Gasteiger charge is -2.35. The summed E-state index contributed by atoms with van der Waals surface area (Å²) in [6, 6.07) is 110. The third-order valence-corrected chi connectivity index (χ3v) is 28.7. The topological polar surface area (TPSA) is 6.48 Å². The second kappa shape index (κ2) is 27.5. The van der Waals surface area contributed by atoms with E-state index in [4.69, 9.17) is 0 Å². The van der Waals surface area contributed by atoms with Crippen LogP contribution in [0, 0.1) is 27.7 Å². The van der Waals surface area contributed by atoms with Crippen molar-refractivity contribution in [1.82, 2.24) is 0 Å². The molecule has 2 nitrogen and oxygen atoms in total. The summed E-state index contributed by atoms with van der Waals surface area (Å²) in [7, 11) is 0. The molecule has 0 fully saturated rings. The number of benzene rings is 15. The standard InChI is InChI=1S/C118H104N2/c1-71-60-83(81-46-57-96-94-55-44-79(66-106(94)117(12,13)108(96)68-81)77-42-53-92-90-32-24-26-36-102(90)115(8,9)104(92)64-77)61-72(2)110(71)75-38-49-88(50-39-75)119(86-28-18-16-19-29-86)112-98-34-22-23-35-99(98)113(101-70-85(114(5,6)7)48-59-100(101)112)120(87-30-20-17-21-31-87)89-51-40-76(41-52-89)111-73(3)62-84(63-74(111)4)82-47-58-97-95-56-45-80(67-107(95)118(14,15)109(97)69-82)78-43-54-93-91-33-25-27-37-103(91)116(10,11)105(93)65-78/h16-18,20-28,30-45,47-70,81H,19,29,46H2,1-15H3. The number of rotatable bonds is 12.